The lowest BCUT2D eigenvalue weighted by atomic mass is 10.5. The van der Waals surface area contributed by atoms with Crippen molar-refractivity contribution >= 4 is 26.6 Å². The Hall–Kier alpha value is -0.00935. The number of hydrogen-bond donors (Lipinski definition) is 1. The summed E-state index contributed by atoms with van der Waals surface area (Å²) in [6.45, 7) is 10.8. The molecule has 25 heavy (non-hydrogen) atoms. The quantitative estimate of drug-likeness (QED) is 0.328. The van der Waals surface area contributed by atoms with Gasteiger partial charge in [-0.2, -0.15) is 0 Å². The molecule has 0 heterocycles. The maximum absolute atomic E-state index is 5.89. The van der Waals surface area contributed by atoms with Gasteiger partial charge in [0.15, 0.2) is 0 Å². The molecule has 0 saturated heterocycles. The highest BCUT2D eigenvalue weighted by atomic mass is 28.4. The van der Waals surface area contributed by atoms with Crippen LogP contribution in [0.5, 0.6) is 0 Å². The van der Waals surface area contributed by atoms with E-state index in [0.29, 0.717) is 0 Å². The summed E-state index contributed by atoms with van der Waals surface area (Å²) in [6.07, 6.45) is 4.34. The fourth-order valence-corrected chi connectivity index (χ4v) is 10.6. The molecule has 0 aromatic rings. The lowest BCUT2D eigenvalue weighted by Gasteiger charge is -2.27. The first-order valence-electron chi connectivity index (χ1n) is 9.23. The molecule has 9 heteroatoms. The first-order chi connectivity index (χ1) is 11.8. The Labute approximate surface area is 159 Å². The fraction of sp³-hybridized carbons (Fsp3) is 0.875. The minimum absolute atomic E-state index is 0.456. The van der Waals surface area contributed by atoms with Crippen LogP contribution in [0.15, 0.2) is 11.0 Å². The molecule has 0 saturated carbocycles. The minimum Gasteiger partial charge on any atom is -0.395 e. The van der Waals surface area contributed by atoms with Crippen molar-refractivity contribution in [1.82, 2.24) is 10.2 Å². The van der Waals surface area contributed by atoms with Crippen LogP contribution in [0.1, 0.15) is 20.3 Å². The van der Waals surface area contributed by atoms with E-state index in [9.17, 15) is 0 Å². The van der Waals surface area contributed by atoms with Crippen LogP contribution in [0.2, 0.25) is 19.1 Å². The molecule has 0 fully saturated rings. The summed E-state index contributed by atoms with van der Waals surface area (Å²) in [6, 6.07) is 1.03. The number of nitrogens with zero attached hydrogens (tertiary/aromatic N) is 1. The van der Waals surface area contributed by atoms with Gasteiger partial charge in [-0.3, -0.25) is 0 Å². The number of rotatable bonds is 15. The van der Waals surface area contributed by atoms with Crippen LogP contribution in [0.4, 0.5) is 0 Å². The third kappa shape index (κ3) is 10.0. The summed E-state index contributed by atoms with van der Waals surface area (Å²) in [5, 5.41) is 3.59. The van der Waals surface area contributed by atoms with Crippen molar-refractivity contribution in [3.8, 4) is 0 Å². The molecule has 0 unspecified atom stereocenters. The molecule has 0 aromatic heterocycles. The van der Waals surface area contributed by atoms with Crippen molar-refractivity contribution in [3.05, 3.63) is 11.0 Å². The Morgan fingerprint density at radius 1 is 1.08 bits per heavy atom. The highest BCUT2D eigenvalue weighted by Crippen LogP contribution is 2.17. The summed E-state index contributed by atoms with van der Waals surface area (Å²) < 4.78 is 23.2. The summed E-state index contributed by atoms with van der Waals surface area (Å²) in [5.74, 6) is 0. The molecule has 0 atom stereocenters. The summed E-state index contributed by atoms with van der Waals surface area (Å²) in [4.78, 5) is 3.48. The molecule has 0 amide bonds. The molecule has 0 rings (SSSR count). The molecule has 150 valence electrons. The van der Waals surface area contributed by atoms with Gasteiger partial charge in [0.1, 0.15) is 0 Å². The standard InChI is InChI=1S/C16H40N2O4Si3/c1-9-21-24(7,22-10-2)13-11-12-17-15-23-16(14-18(3)4)25(8,19-5)20-6/h14,17H,9-13,15,23H2,1-8H3. The molecule has 1 N–H and O–H groups in total. The molecule has 0 spiro atoms. The Kier molecular flexibility index (Phi) is 13.2. The van der Waals surface area contributed by atoms with Crippen molar-refractivity contribution < 1.29 is 17.7 Å². The van der Waals surface area contributed by atoms with E-state index < -0.39 is 26.6 Å². The van der Waals surface area contributed by atoms with Crippen molar-refractivity contribution in [1.29, 1.82) is 0 Å². The summed E-state index contributed by atoms with van der Waals surface area (Å²) in [5.41, 5.74) is 0. The van der Waals surface area contributed by atoms with E-state index in [0.717, 1.165) is 38.4 Å². The van der Waals surface area contributed by atoms with E-state index >= 15 is 0 Å². The second-order valence-corrected chi connectivity index (χ2v) is 15.7. The Morgan fingerprint density at radius 2 is 1.64 bits per heavy atom. The molecule has 0 bridgehead atoms. The smallest absolute Gasteiger partial charge is 0.361 e. The average molecular weight is 409 g/mol. The molecular formula is C16H40N2O4Si3. The van der Waals surface area contributed by atoms with Gasteiger partial charge in [0, 0.05) is 41.5 Å². The lowest BCUT2D eigenvalue weighted by molar-refractivity contribution is 0.188. The zero-order valence-electron chi connectivity index (χ0n) is 17.6. The average Bonchev–Trinajstić information content (AvgIpc) is 2.56. The first-order valence-corrected chi connectivity index (χ1v) is 15.8. The molecule has 0 aliphatic carbocycles. The topological polar surface area (TPSA) is 52.2 Å². The first kappa shape index (κ1) is 25.0. The molecule has 0 aliphatic rings. The van der Waals surface area contributed by atoms with Gasteiger partial charge in [-0.25, -0.2) is 0 Å². The normalized spacial score (nSPS) is 13.8. The van der Waals surface area contributed by atoms with Crippen LogP contribution >= 0.6 is 0 Å². The Morgan fingerprint density at radius 3 is 2.08 bits per heavy atom. The van der Waals surface area contributed by atoms with E-state index in [1.807, 2.05) is 13.8 Å². The molecular weight excluding hydrogens is 368 g/mol. The van der Waals surface area contributed by atoms with Gasteiger partial charge in [-0.05, 0) is 63.1 Å². The van der Waals surface area contributed by atoms with Gasteiger partial charge in [-0.15, -0.1) is 0 Å². The third-order valence-electron chi connectivity index (χ3n) is 4.23. The largest absolute Gasteiger partial charge is 0.395 e. The van der Waals surface area contributed by atoms with E-state index in [1.54, 1.807) is 14.2 Å². The van der Waals surface area contributed by atoms with E-state index in [-0.39, 0.29) is 0 Å². The Balaban J connectivity index is 4.35. The highest BCUT2D eigenvalue weighted by molar-refractivity contribution is 6.86. The van der Waals surface area contributed by atoms with Gasteiger partial charge < -0.3 is 27.9 Å². The van der Waals surface area contributed by atoms with Gasteiger partial charge in [0.2, 0.25) is 0 Å². The monoisotopic (exact) mass is 408 g/mol. The number of hydrogen-bond acceptors (Lipinski definition) is 6. The second-order valence-electron chi connectivity index (χ2n) is 6.58. The maximum Gasteiger partial charge on any atom is 0.361 e. The van der Waals surface area contributed by atoms with Crippen LogP contribution < -0.4 is 5.32 Å². The predicted octanol–water partition coefficient (Wildman–Crippen LogP) is 1.54. The van der Waals surface area contributed by atoms with Crippen LogP contribution in [-0.2, 0) is 17.7 Å². The number of nitrogens with one attached hydrogen (secondary N) is 1. The lowest BCUT2D eigenvalue weighted by Crippen LogP contribution is -2.44. The molecule has 6 nitrogen and oxygen atoms in total. The summed E-state index contributed by atoms with van der Waals surface area (Å²) >= 11 is 0. The highest BCUT2D eigenvalue weighted by Gasteiger charge is 2.34. The summed E-state index contributed by atoms with van der Waals surface area (Å²) in [7, 11) is 2.98. The van der Waals surface area contributed by atoms with Gasteiger partial charge in [-0.1, -0.05) is 0 Å². The van der Waals surface area contributed by atoms with Crippen molar-refractivity contribution in [3.63, 3.8) is 0 Å². The van der Waals surface area contributed by atoms with E-state index in [4.69, 9.17) is 17.7 Å². The Bertz CT molecular complexity index is 374. The van der Waals surface area contributed by atoms with E-state index in [2.05, 4.69) is 43.6 Å². The van der Waals surface area contributed by atoms with Gasteiger partial charge in [0.05, 0.1) is 9.52 Å². The van der Waals surface area contributed by atoms with Crippen LogP contribution in [0.3, 0.4) is 0 Å². The van der Waals surface area contributed by atoms with E-state index in [1.165, 1.54) is 4.82 Å². The minimum atomic E-state index is -2.20. The van der Waals surface area contributed by atoms with Crippen molar-refractivity contribution in [2.45, 2.75) is 39.4 Å². The fourth-order valence-electron chi connectivity index (χ4n) is 2.75. The zero-order valence-corrected chi connectivity index (χ0v) is 21.0. The zero-order chi connectivity index (χ0) is 19.3. The molecule has 0 aliphatic heterocycles. The molecule has 0 radical (unpaired) electrons. The van der Waals surface area contributed by atoms with Crippen LogP contribution in [0.25, 0.3) is 0 Å². The third-order valence-corrected chi connectivity index (χ3v) is 14.1. The van der Waals surface area contributed by atoms with Crippen molar-refractivity contribution in [2.75, 3.05) is 54.2 Å². The van der Waals surface area contributed by atoms with Crippen LogP contribution in [0, 0.1) is 0 Å². The van der Waals surface area contributed by atoms with Gasteiger partial charge in [0.25, 0.3) is 0 Å². The predicted molar refractivity (Wildman–Crippen MR) is 113 cm³/mol. The molecule has 0 aromatic carbocycles. The maximum atomic E-state index is 5.89. The van der Waals surface area contributed by atoms with Crippen molar-refractivity contribution in [2.24, 2.45) is 0 Å². The van der Waals surface area contributed by atoms with Crippen LogP contribution in [-0.4, -0.2) is 85.8 Å². The SMILES string of the molecule is CCO[Si](C)(CCCNC[SiH2]C(=CN(C)C)[Si](C)(OC)OC)OCC. The van der Waals surface area contributed by atoms with Gasteiger partial charge >= 0.3 is 17.1 Å². The second kappa shape index (κ2) is 13.2.